The lowest BCUT2D eigenvalue weighted by molar-refractivity contribution is -0.154. The van der Waals surface area contributed by atoms with Gasteiger partial charge in [0.25, 0.3) is 0 Å². The summed E-state index contributed by atoms with van der Waals surface area (Å²) in [6, 6.07) is 12.4. The van der Waals surface area contributed by atoms with Crippen molar-refractivity contribution in [2.45, 2.75) is 82.4 Å². The summed E-state index contributed by atoms with van der Waals surface area (Å²) >= 11 is 1.79. The van der Waals surface area contributed by atoms with Crippen LogP contribution in [-0.2, 0) is 22.6 Å². The fraction of sp³-hybridized carbons (Fsp3) is 0.595. The van der Waals surface area contributed by atoms with Crippen molar-refractivity contribution < 1.29 is 14.3 Å². The van der Waals surface area contributed by atoms with Crippen LogP contribution in [0.5, 0.6) is 5.75 Å². The van der Waals surface area contributed by atoms with Crippen LogP contribution in [0.3, 0.4) is 0 Å². The van der Waals surface area contributed by atoms with Crippen LogP contribution in [0.1, 0.15) is 74.2 Å². The minimum atomic E-state index is -0.166. The molecule has 248 valence electrons. The van der Waals surface area contributed by atoms with Crippen LogP contribution in [0.4, 0.5) is 0 Å². The molecule has 4 heterocycles. The molecule has 6 rings (SSSR count). The Bertz CT molecular complexity index is 1310. The SMILES string of the molecule is COc1ccc(COC(=O)[C@@H](C2CCCCC2)N2C[C@H](CN3CCC(NCCCc4ncccn4)CC3)[C@@H](c3ccsc3)C2)cc1. The third-order valence-corrected chi connectivity index (χ3v) is 11.1. The number of benzene rings is 1. The lowest BCUT2D eigenvalue weighted by Gasteiger charge is -2.36. The van der Waals surface area contributed by atoms with Crippen LogP contribution in [0.15, 0.2) is 59.6 Å². The Morgan fingerprint density at radius 1 is 1.02 bits per heavy atom. The van der Waals surface area contributed by atoms with E-state index in [1.807, 2.05) is 42.7 Å². The fourth-order valence-electron chi connectivity index (χ4n) is 7.89. The summed E-state index contributed by atoms with van der Waals surface area (Å²) in [5, 5.41) is 8.33. The van der Waals surface area contributed by atoms with E-state index in [4.69, 9.17) is 9.47 Å². The molecule has 0 spiro atoms. The standard InChI is InChI=1S/C37H51N5O3S/c1-44-33-12-10-28(11-13-33)26-45-37(43)36(29-7-3-2-4-8-29)42-24-31(34(25-42)30-16-22-46-27-30)23-41-20-14-32(15-21-41)38-17-5-9-35-39-18-6-19-40-35/h6,10-13,16,18-19,22,27,29,31-32,34,36,38H,2-5,7-9,14-15,17,20-21,23-26H2,1H3/t31-,34+,36+/m0/s1. The van der Waals surface area contributed by atoms with Crippen LogP contribution in [0, 0.1) is 11.8 Å². The van der Waals surface area contributed by atoms with Gasteiger partial charge in [0, 0.05) is 50.4 Å². The molecule has 2 saturated heterocycles. The van der Waals surface area contributed by atoms with Gasteiger partial charge in [-0.1, -0.05) is 31.4 Å². The van der Waals surface area contributed by atoms with Gasteiger partial charge in [-0.2, -0.15) is 11.3 Å². The van der Waals surface area contributed by atoms with Crippen LogP contribution in [0.25, 0.3) is 0 Å². The largest absolute Gasteiger partial charge is 0.497 e. The van der Waals surface area contributed by atoms with Gasteiger partial charge in [0.2, 0.25) is 0 Å². The molecular formula is C37H51N5O3S. The molecule has 1 N–H and O–H groups in total. The molecule has 2 aliphatic heterocycles. The van der Waals surface area contributed by atoms with Crippen molar-refractivity contribution in [1.29, 1.82) is 0 Å². The van der Waals surface area contributed by atoms with Crippen molar-refractivity contribution in [1.82, 2.24) is 25.1 Å². The van der Waals surface area contributed by atoms with Gasteiger partial charge in [-0.3, -0.25) is 9.69 Å². The summed E-state index contributed by atoms with van der Waals surface area (Å²) in [6.45, 7) is 6.55. The molecule has 0 amide bonds. The highest BCUT2D eigenvalue weighted by Crippen LogP contribution is 2.39. The first-order chi connectivity index (χ1) is 22.7. The highest BCUT2D eigenvalue weighted by Gasteiger charge is 2.44. The Balaban J connectivity index is 1.05. The van der Waals surface area contributed by atoms with Crippen LogP contribution >= 0.6 is 11.3 Å². The zero-order chi connectivity index (χ0) is 31.6. The number of carbonyl (C=O) groups is 1. The van der Waals surface area contributed by atoms with Gasteiger partial charge in [0.05, 0.1) is 7.11 Å². The number of rotatable bonds is 14. The van der Waals surface area contributed by atoms with Crippen molar-refractivity contribution in [2.24, 2.45) is 11.8 Å². The Labute approximate surface area is 278 Å². The van der Waals surface area contributed by atoms with E-state index >= 15 is 0 Å². The third-order valence-electron chi connectivity index (χ3n) is 10.4. The maximum absolute atomic E-state index is 13.9. The fourth-order valence-corrected chi connectivity index (χ4v) is 8.62. The average Bonchev–Trinajstić information content (AvgIpc) is 3.78. The lowest BCUT2D eigenvalue weighted by Crippen LogP contribution is -2.47. The molecule has 0 radical (unpaired) electrons. The number of esters is 1. The summed E-state index contributed by atoms with van der Waals surface area (Å²) in [4.78, 5) is 27.8. The molecule has 0 unspecified atom stereocenters. The molecule has 3 atom stereocenters. The Morgan fingerprint density at radius 3 is 2.52 bits per heavy atom. The third kappa shape index (κ3) is 8.94. The number of piperidine rings is 1. The molecule has 0 bridgehead atoms. The van der Waals surface area contributed by atoms with Crippen molar-refractivity contribution in [3.05, 3.63) is 76.5 Å². The predicted octanol–water partition coefficient (Wildman–Crippen LogP) is 5.94. The van der Waals surface area contributed by atoms with E-state index in [2.05, 4.69) is 41.9 Å². The van der Waals surface area contributed by atoms with E-state index in [9.17, 15) is 4.79 Å². The molecule has 3 aromatic rings. The number of aromatic nitrogens is 2. The lowest BCUT2D eigenvalue weighted by atomic mass is 9.83. The van der Waals surface area contributed by atoms with Crippen LogP contribution < -0.4 is 10.1 Å². The van der Waals surface area contributed by atoms with Gasteiger partial charge in [0.1, 0.15) is 24.2 Å². The zero-order valence-corrected chi connectivity index (χ0v) is 28.2. The summed E-state index contributed by atoms with van der Waals surface area (Å²) in [6.07, 6.45) is 13.9. The maximum atomic E-state index is 13.9. The number of carbonyl (C=O) groups excluding carboxylic acids is 1. The van der Waals surface area contributed by atoms with Gasteiger partial charge in [-0.25, -0.2) is 9.97 Å². The highest BCUT2D eigenvalue weighted by molar-refractivity contribution is 7.08. The van der Waals surface area contributed by atoms with Gasteiger partial charge in [-0.15, -0.1) is 0 Å². The Morgan fingerprint density at radius 2 is 1.80 bits per heavy atom. The normalized spacial score (nSPS) is 22.5. The van der Waals surface area contributed by atoms with Gasteiger partial charge >= 0.3 is 5.97 Å². The van der Waals surface area contributed by atoms with Crippen molar-refractivity contribution in [2.75, 3.05) is 46.4 Å². The number of aryl methyl sites for hydroxylation is 1. The number of hydrogen-bond acceptors (Lipinski definition) is 9. The van der Waals surface area contributed by atoms with Crippen molar-refractivity contribution in [3.63, 3.8) is 0 Å². The smallest absolute Gasteiger partial charge is 0.323 e. The number of nitrogens with zero attached hydrogens (tertiary/aromatic N) is 4. The summed E-state index contributed by atoms with van der Waals surface area (Å²) in [5.74, 6) is 3.02. The van der Waals surface area contributed by atoms with Gasteiger partial charge < -0.3 is 19.7 Å². The Kier molecular flexibility index (Phi) is 12.1. The zero-order valence-electron chi connectivity index (χ0n) is 27.4. The molecule has 1 aromatic carbocycles. The first-order valence-corrected chi connectivity index (χ1v) is 18.4. The van der Waals surface area contributed by atoms with Gasteiger partial charge in [0.15, 0.2) is 0 Å². The second-order valence-corrected chi connectivity index (χ2v) is 14.3. The number of methoxy groups -OCH3 is 1. The van der Waals surface area contributed by atoms with E-state index in [1.165, 1.54) is 37.7 Å². The van der Waals surface area contributed by atoms with Crippen molar-refractivity contribution in [3.8, 4) is 5.75 Å². The molecule has 46 heavy (non-hydrogen) atoms. The van der Waals surface area contributed by atoms with Crippen LogP contribution in [0.2, 0.25) is 0 Å². The second-order valence-electron chi connectivity index (χ2n) is 13.5. The van der Waals surface area contributed by atoms with Gasteiger partial charge in [-0.05, 0) is 110 Å². The number of thiophene rings is 1. The monoisotopic (exact) mass is 645 g/mol. The number of nitrogens with one attached hydrogen (secondary N) is 1. The molecule has 8 nitrogen and oxygen atoms in total. The van der Waals surface area contributed by atoms with E-state index in [0.717, 1.165) is 82.1 Å². The second kappa shape index (κ2) is 16.8. The first kappa shape index (κ1) is 33.1. The molecule has 2 aromatic heterocycles. The number of ether oxygens (including phenoxy) is 2. The molecule has 1 aliphatic carbocycles. The minimum Gasteiger partial charge on any atom is -0.497 e. The first-order valence-electron chi connectivity index (χ1n) is 17.4. The molecule has 3 aliphatic rings. The Hall–Kier alpha value is -2.85. The highest BCUT2D eigenvalue weighted by atomic mass is 32.1. The van der Waals surface area contributed by atoms with Crippen LogP contribution in [-0.4, -0.2) is 84.2 Å². The van der Waals surface area contributed by atoms with E-state index in [-0.39, 0.29) is 12.0 Å². The average molecular weight is 646 g/mol. The van der Waals surface area contributed by atoms with E-state index in [0.29, 0.717) is 30.4 Å². The summed E-state index contributed by atoms with van der Waals surface area (Å²) in [7, 11) is 1.67. The maximum Gasteiger partial charge on any atom is 0.323 e. The minimum absolute atomic E-state index is 0.0434. The molecular weight excluding hydrogens is 595 g/mol. The predicted molar refractivity (Wildman–Crippen MR) is 183 cm³/mol. The molecule has 9 heteroatoms. The summed E-state index contributed by atoms with van der Waals surface area (Å²) < 4.78 is 11.4. The quantitative estimate of drug-likeness (QED) is 0.171. The topological polar surface area (TPSA) is 79.8 Å². The molecule has 1 saturated carbocycles. The number of hydrogen-bond donors (Lipinski definition) is 1. The van der Waals surface area contributed by atoms with E-state index in [1.54, 1.807) is 18.4 Å². The number of likely N-dealkylation sites (tertiary alicyclic amines) is 2. The van der Waals surface area contributed by atoms with Crippen molar-refractivity contribution >= 4 is 17.3 Å². The van der Waals surface area contributed by atoms with E-state index < -0.39 is 0 Å². The molecule has 3 fully saturated rings. The summed E-state index contributed by atoms with van der Waals surface area (Å²) in [5.41, 5.74) is 2.43.